The molecule has 1 N–H and O–H groups in total. The molecular formula is C17H17N3O4. The summed E-state index contributed by atoms with van der Waals surface area (Å²) in [7, 11) is 0. The minimum atomic E-state index is -0.127. The first-order valence-corrected chi connectivity index (χ1v) is 7.48. The first-order valence-electron chi connectivity index (χ1n) is 7.48. The van der Waals surface area contributed by atoms with Crippen molar-refractivity contribution in [3.05, 3.63) is 48.2 Å². The number of aldehydes is 1. The summed E-state index contributed by atoms with van der Waals surface area (Å²) < 4.78 is 12.9. The fourth-order valence-electron chi connectivity index (χ4n) is 2.42. The number of carbonyl (C=O) groups is 1. The number of aromatic hydroxyl groups is 1. The second kappa shape index (κ2) is 6.57. The van der Waals surface area contributed by atoms with E-state index in [1.807, 2.05) is 24.6 Å². The minimum Gasteiger partial charge on any atom is -0.507 e. The van der Waals surface area contributed by atoms with E-state index < -0.39 is 0 Å². The quantitative estimate of drug-likeness (QED) is 0.699. The summed E-state index contributed by atoms with van der Waals surface area (Å²) >= 11 is 0. The molecule has 0 saturated heterocycles. The van der Waals surface area contributed by atoms with Gasteiger partial charge in [0, 0.05) is 12.2 Å². The average Bonchev–Trinajstić information content (AvgIpc) is 3.21. The van der Waals surface area contributed by atoms with Crippen LogP contribution >= 0.6 is 0 Å². The van der Waals surface area contributed by atoms with Gasteiger partial charge in [-0.2, -0.15) is 5.10 Å². The summed E-state index contributed by atoms with van der Waals surface area (Å²) in [5.74, 6) is 0.667. The first kappa shape index (κ1) is 15.8. The summed E-state index contributed by atoms with van der Waals surface area (Å²) in [6.45, 7) is 4.12. The van der Waals surface area contributed by atoms with Crippen LogP contribution in [-0.4, -0.2) is 26.2 Å². The van der Waals surface area contributed by atoms with Gasteiger partial charge in [-0.05, 0) is 32.0 Å². The molecule has 0 bridgehead atoms. The summed E-state index contributed by atoms with van der Waals surface area (Å²) in [4.78, 5) is 15.3. The van der Waals surface area contributed by atoms with E-state index in [0.29, 0.717) is 17.7 Å². The number of benzene rings is 1. The monoisotopic (exact) mass is 327 g/mol. The maximum Gasteiger partial charge on any atom is 0.181 e. The summed E-state index contributed by atoms with van der Waals surface area (Å²) in [6.07, 6.45) is 3.60. The zero-order valence-corrected chi connectivity index (χ0v) is 13.3. The van der Waals surface area contributed by atoms with Crippen LogP contribution in [0.4, 0.5) is 0 Å². The summed E-state index contributed by atoms with van der Waals surface area (Å²) in [5.41, 5.74) is 1.56. The molecule has 0 amide bonds. The molecule has 0 unspecified atom stereocenters. The van der Waals surface area contributed by atoms with Crippen LogP contribution in [0.5, 0.6) is 11.5 Å². The summed E-state index contributed by atoms with van der Waals surface area (Å²) in [6, 6.07) is 6.67. The van der Waals surface area contributed by atoms with Crippen LogP contribution in [0.2, 0.25) is 0 Å². The Labute approximate surface area is 138 Å². The highest BCUT2D eigenvalue weighted by Gasteiger charge is 2.18. The molecule has 0 radical (unpaired) electrons. The highest BCUT2D eigenvalue weighted by atomic mass is 16.5. The van der Waals surface area contributed by atoms with E-state index in [-0.39, 0.29) is 29.7 Å². The highest BCUT2D eigenvalue weighted by molar-refractivity contribution is 5.83. The predicted molar refractivity (Wildman–Crippen MR) is 85.9 cm³/mol. The topological polar surface area (TPSA) is 90.4 Å². The number of ether oxygens (including phenoxy) is 1. The van der Waals surface area contributed by atoms with Crippen molar-refractivity contribution in [1.82, 2.24) is 14.8 Å². The van der Waals surface area contributed by atoms with Gasteiger partial charge in [-0.15, -0.1) is 0 Å². The maximum atomic E-state index is 11.1. The molecule has 1 aromatic carbocycles. The molecule has 24 heavy (non-hydrogen) atoms. The molecule has 2 aromatic heterocycles. The predicted octanol–water partition coefficient (Wildman–Crippen LogP) is 3.22. The molecule has 7 nitrogen and oxygen atoms in total. The Kier molecular flexibility index (Phi) is 4.33. The van der Waals surface area contributed by atoms with Crippen molar-refractivity contribution >= 4 is 6.29 Å². The SMILES string of the molecule is CC(C)n1nccc1-c1ncoc1COc1cccc(O)c1C=O. The Morgan fingerprint density at radius 1 is 1.38 bits per heavy atom. The third-order valence-electron chi connectivity index (χ3n) is 3.56. The zero-order chi connectivity index (χ0) is 17.1. The molecular weight excluding hydrogens is 310 g/mol. The third-order valence-corrected chi connectivity index (χ3v) is 3.56. The molecule has 0 fully saturated rings. The Morgan fingerprint density at radius 2 is 2.21 bits per heavy atom. The number of hydrogen-bond acceptors (Lipinski definition) is 6. The largest absolute Gasteiger partial charge is 0.507 e. The van der Waals surface area contributed by atoms with E-state index in [1.165, 1.54) is 12.5 Å². The Balaban J connectivity index is 1.86. The van der Waals surface area contributed by atoms with Gasteiger partial charge in [-0.3, -0.25) is 9.48 Å². The number of phenols is 1. The summed E-state index contributed by atoms with van der Waals surface area (Å²) in [5, 5.41) is 14.0. The standard InChI is InChI=1S/C17H17N3O4/c1-11(2)20-13(6-7-19-20)17-16(24-10-18-17)9-23-15-5-3-4-14(22)12(15)8-21/h3-8,10-11,22H,9H2,1-2H3. The van der Waals surface area contributed by atoms with Gasteiger partial charge < -0.3 is 14.3 Å². The number of carbonyl (C=O) groups excluding carboxylic acids is 1. The third kappa shape index (κ3) is 2.88. The normalized spacial score (nSPS) is 11.0. The number of aromatic nitrogens is 3. The molecule has 0 aliphatic heterocycles. The van der Waals surface area contributed by atoms with Crippen molar-refractivity contribution in [3.63, 3.8) is 0 Å². The fraction of sp³-hybridized carbons (Fsp3) is 0.235. The van der Waals surface area contributed by atoms with Crippen molar-refractivity contribution in [2.24, 2.45) is 0 Å². The van der Waals surface area contributed by atoms with Crippen molar-refractivity contribution in [1.29, 1.82) is 0 Å². The van der Waals surface area contributed by atoms with Gasteiger partial charge in [0.2, 0.25) is 0 Å². The van der Waals surface area contributed by atoms with E-state index in [2.05, 4.69) is 10.1 Å². The van der Waals surface area contributed by atoms with Crippen molar-refractivity contribution in [2.75, 3.05) is 0 Å². The Hall–Kier alpha value is -3.09. The molecule has 3 aromatic rings. The maximum absolute atomic E-state index is 11.1. The number of phenolic OH excluding ortho intramolecular Hbond substituents is 1. The van der Waals surface area contributed by atoms with Gasteiger partial charge in [0.15, 0.2) is 18.4 Å². The van der Waals surface area contributed by atoms with Crippen LogP contribution < -0.4 is 4.74 Å². The van der Waals surface area contributed by atoms with Crippen molar-refractivity contribution in [2.45, 2.75) is 26.5 Å². The van der Waals surface area contributed by atoms with Crippen molar-refractivity contribution < 1.29 is 19.1 Å². The average molecular weight is 327 g/mol. The lowest BCUT2D eigenvalue weighted by molar-refractivity contribution is 0.111. The van der Waals surface area contributed by atoms with E-state index in [9.17, 15) is 9.90 Å². The number of oxazole rings is 1. The van der Waals surface area contributed by atoms with Crippen LogP contribution in [-0.2, 0) is 6.61 Å². The van der Waals surface area contributed by atoms with Gasteiger partial charge in [0.1, 0.15) is 23.8 Å². The lowest BCUT2D eigenvalue weighted by Crippen LogP contribution is -2.06. The molecule has 124 valence electrons. The minimum absolute atomic E-state index is 0.0723. The van der Waals surface area contributed by atoms with Crippen LogP contribution in [0, 0.1) is 0 Å². The highest BCUT2D eigenvalue weighted by Crippen LogP contribution is 2.28. The lowest BCUT2D eigenvalue weighted by Gasteiger charge is -2.11. The lowest BCUT2D eigenvalue weighted by atomic mass is 10.2. The second-order valence-corrected chi connectivity index (χ2v) is 5.47. The molecule has 3 rings (SSSR count). The van der Waals surface area contributed by atoms with Crippen molar-refractivity contribution in [3.8, 4) is 22.9 Å². The van der Waals surface area contributed by atoms with Crippen LogP contribution in [0.3, 0.4) is 0 Å². The number of rotatable bonds is 6. The van der Waals surface area contributed by atoms with Crippen LogP contribution in [0.15, 0.2) is 41.3 Å². The van der Waals surface area contributed by atoms with Gasteiger partial charge in [-0.1, -0.05) is 6.07 Å². The van der Waals surface area contributed by atoms with Gasteiger partial charge in [0.25, 0.3) is 0 Å². The molecule has 7 heteroatoms. The van der Waals surface area contributed by atoms with Crippen LogP contribution in [0.25, 0.3) is 11.4 Å². The van der Waals surface area contributed by atoms with Gasteiger partial charge in [0.05, 0.1) is 11.3 Å². The Bertz CT molecular complexity index is 851. The molecule has 0 atom stereocenters. The van der Waals surface area contributed by atoms with E-state index in [4.69, 9.17) is 9.15 Å². The second-order valence-electron chi connectivity index (χ2n) is 5.47. The van der Waals surface area contributed by atoms with E-state index in [1.54, 1.807) is 18.3 Å². The van der Waals surface area contributed by atoms with Gasteiger partial charge in [-0.25, -0.2) is 4.98 Å². The number of nitrogens with zero attached hydrogens (tertiary/aromatic N) is 3. The first-order chi connectivity index (χ1) is 11.6. The van der Waals surface area contributed by atoms with Gasteiger partial charge >= 0.3 is 0 Å². The number of hydrogen-bond donors (Lipinski definition) is 1. The molecule has 0 spiro atoms. The smallest absolute Gasteiger partial charge is 0.181 e. The molecule has 0 aliphatic carbocycles. The molecule has 0 aliphatic rings. The van der Waals surface area contributed by atoms with E-state index in [0.717, 1.165) is 5.69 Å². The zero-order valence-electron chi connectivity index (χ0n) is 13.3. The Morgan fingerprint density at radius 3 is 2.96 bits per heavy atom. The molecule has 0 saturated carbocycles. The van der Waals surface area contributed by atoms with Crippen LogP contribution in [0.1, 0.15) is 36.0 Å². The molecule has 2 heterocycles. The fourth-order valence-corrected chi connectivity index (χ4v) is 2.42. The van der Waals surface area contributed by atoms with E-state index >= 15 is 0 Å².